The van der Waals surface area contributed by atoms with Crippen LogP contribution in [0.2, 0.25) is 0 Å². The van der Waals surface area contributed by atoms with E-state index in [-0.39, 0.29) is 0 Å². The Morgan fingerprint density at radius 1 is 1.29 bits per heavy atom. The first-order valence-electron chi connectivity index (χ1n) is 5.47. The highest BCUT2D eigenvalue weighted by molar-refractivity contribution is 7.98. The van der Waals surface area contributed by atoms with Gasteiger partial charge in [0.1, 0.15) is 0 Å². The molecule has 0 fully saturated rings. The van der Waals surface area contributed by atoms with Crippen molar-refractivity contribution >= 4 is 11.8 Å². The Bertz CT molecular complexity index is 467. The summed E-state index contributed by atoms with van der Waals surface area (Å²) in [7, 11) is 0. The van der Waals surface area contributed by atoms with Gasteiger partial charge in [-0.05, 0) is 6.92 Å². The van der Waals surface area contributed by atoms with Crippen molar-refractivity contribution in [3.63, 3.8) is 0 Å². The van der Waals surface area contributed by atoms with Crippen molar-refractivity contribution in [2.75, 3.05) is 12.3 Å². The van der Waals surface area contributed by atoms with Crippen LogP contribution < -0.4 is 5.73 Å². The molecule has 2 aromatic rings. The maximum absolute atomic E-state index is 5.42. The van der Waals surface area contributed by atoms with E-state index in [2.05, 4.69) is 17.1 Å². The van der Waals surface area contributed by atoms with Gasteiger partial charge in [-0.2, -0.15) is 16.7 Å². The molecule has 2 rings (SSSR count). The summed E-state index contributed by atoms with van der Waals surface area (Å²) in [6.07, 6.45) is 0. The normalized spacial score (nSPS) is 10.7. The van der Waals surface area contributed by atoms with Crippen LogP contribution in [0.25, 0.3) is 11.4 Å². The lowest BCUT2D eigenvalue weighted by Crippen LogP contribution is -2.01. The van der Waals surface area contributed by atoms with Gasteiger partial charge in [-0.15, -0.1) is 0 Å². The second-order valence-electron chi connectivity index (χ2n) is 3.72. The van der Waals surface area contributed by atoms with Crippen molar-refractivity contribution in [3.8, 4) is 11.4 Å². The first-order valence-corrected chi connectivity index (χ1v) is 6.62. The van der Waals surface area contributed by atoms with Crippen molar-refractivity contribution in [3.05, 3.63) is 35.7 Å². The van der Waals surface area contributed by atoms with E-state index in [1.54, 1.807) is 11.8 Å². The summed E-state index contributed by atoms with van der Waals surface area (Å²) in [4.78, 5) is 4.34. The number of nitrogens with zero attached hydrogens (tertiary/aromatic N) is 2. The van der Waals surface area contributed by atoms with Gasteiger partial charge in [-0.3, -0.25) is 0 Å². The highest BCUT2D eigenvalue weighted by Crippen LogP contribution is 2.18. The van der Waals surface area contributed by atoms with Gasteiger partial charge in [0.05, 0.1) is 5.75 Å². The maximum Gasteiger partial charge on any atom is 0.236 e. The van der Waals surface area contributed by atoms with Gasteiger partial charge in [0.15, 0.2) is 0 Å². The SMILES string of the molecule is Cc1ccc(-c2noc(CSCCN)n2)cc1. The van der Waals surface area contributed by atoms with Crippen molar-refractivity contribution < 1.29 is 4.52 Å². The third-order valence-corrected chi connectivity index (χ3v) is 3.24. The summed E-state index contributed by atoms with van der Waals surface area (Å²) in [5, 5.41) is 3.96. The summed E-state index contributed by atoms with van der Waals surface area (Å²) >= 11 is 1.70. The Hall–Kier alpha value is -1.33. The first kappa shape index (κ1) is 12.1. The number of aromatic nitrogens is 2. The lowest BCUT2D eigenvalue weighted by Gasteiger charge is -1.94. The molecule has 0 amide bonds. The summed E-state index contributed by atoms with van der Waals surface area (Å²) in [5.74, 6) is 2.92. The number of aryl methyl sites for hydroxylation is 1. The quantitative estimate of drug-likeness (QED) is 0.823. The molecular weight excluding hydrogens is 234 g/mol. The minimum absolute atomic E-state index is 0.647. The van der Waals surface area contributed by atoms with Crippen LogP contribution in [0.5, 0.6) is 0 Å². The predicted molar refractivity (Wildman–Crippen MR) is 69.7 cm³/mol. The number of hydrogen-bond donors (Lipinski definition) is 1. The van der Waals surface area contributed by atoms with Crippen LogP contribution >= 0.6 is 11.8 Å². The van der Waals surface area contributed by atoms with E-state index in [4.69, 9.17) is 10.3 Å². The summed E-state index contributed by atoms with van der Waals surface area (Å²) < 4.78 is 5.17. The first-order chi connectivity index (χ1) is 8.29. The topological polar surface area (TPSA) is 64.9 Å². The molecule has 0 saturated carbocycles. The third-order valence-electron chi connectivity index (χ3n) is 2.27. The third kappa shape index (κ3) is 3.31. The van der Waals surface area contributed by atoms with Crippen LogP contribution in [0.4, 0.5) is 0 Å². The van der Waals surface area contributed by atoms with Gasteiger partial charge < -0.3 is 10.3 Å². The van der Waals surface area contributed by atoms with Gasteiger partial charge in [0.2, 0.25) is 11.7 Å². The molecule has 0 aliphatic rings. The van der Waals surface area contributed by atoms with E-state index in [0.29, 0.717) is 18.3 Å². The lowest BCUT2D eigenvalue weighted by atomic mass is 10.1. The average molecular weight is 249 g/mol. The molecule has 0 atom stereocenters. The van der Waals surface area contributed by atoms with E-state index in [1.807, 2.05) is 24.3 Å². The zero-order valence-electron chi connectivity index (χ0n) is 9.72. The molecule has 0 spiro atoms. The van der Waals surface area contributed by atoms with Crippen molar-refractivity contribution in [2.45, 2.75) is 12.7 Å². The molecule has 90 valence electrons. The minimum atomic E-state index is 0.647. The molecular formula is C12H15N3OS. The van der Waals surface area contributed by atoms with Crippen LogP contribution in [-0.2, 0) is 5.75 Å². The molecule has 2 N–H and O–H groups in total. The Labute approximate surface area is 105 Å². The number of hydrogen-bond acceptors (Lipinski definition) is 5. The molecule has 1 aromatic carbocycles. The highest BCUT2D eigenvalue weighted by Gasteiger charge is 2.07. The summed E-state index contributed by atoms with van der Waals surface area (Å²) in [6.45, 7) is 2.72. The van der Waals surface area contributed by atoms with Gasteiger partial charge >= 0.3 is 0 Å². The molecule has 17 heavy (non-hydrogen) atoms. The van der Waals surface area contributed by atoms with E-state index < -0.39 is 0 Å². The number of thioether (sulfide) groups is 1. The van der Waals surface area contributed by atoms with Crippen LogP contribution in [-0.4, -0.2) is 22.4 Å². The maximum atomic E-state index is 5.42. The average Bonchev–Trinajstić information content (AvgIpc) is 2.79. The smallest absolute Gasteiger partial charge is 0.236 e. The molecule has 0 bridgehead atoms. The molecule has 0 unspecified atom stereocenters. The lowest BCUT2D eigenvalue weighted by molar-refractivity contribution is 0.391. The highest BCUT2D eigenvalue weighted by atomic mass is 32.2. The van der Waals surface area contributed by atoms with Crippen LogP contribution in [0.15, 0.2) is 28.8 Å². The largest absolute Gasteiger partial charge is 0.338 e. The predicted octanol–water partition coefficient (Wildman–Crippen LogP) is 2.24. The van der Waals surface area contributed by atoms with Crippen LogP contribution in [0.3, 0.4) is 0 Å². The Morgan fingerprint density at radius 3 is 2.76 bits per heavy atom. The Balaban J connectivity index is 2.04. The van der Waals surface area contributed by atoms with E-state index >= 15 is 0 Å². The summed E-state index contributed by atoms with van der Waals surface area (Å²) in [5.41, 5.74) is 7.62. The van der Waals surface area contributed by atoms with Crippen LogP contribution in [0.1, 0.15) is 11.5 Å². The Morgan fingerprint density at radius 2 is 2.06 bits per heavy atom. The molecule has 0 aliphatic heterocycles. The standard InChI is InChI=1S/C12H15N3OS/c1-9-2-4-10(5-3-9)12-14-11(16-15-12)8-17-7-6-13/h2-5H,6-8,13H2,1H3. The van der Waals surface area contributed by atoms with Crippen molar-refractivity contribution in [2.24, 2.45) is 5.73 Å². The minimum Gasteiger partial charge on any atom is -0.338 e. The van der Waals surface area contributed by atoms with Crippen molar-refractivity contribution in [1.29, 1.82) is 0 Å². The molecule has 4 nitrogen and oxygen atoms in total. The fourth-order valence-electron chi connectivity index (χ4n) is 1.38. The van der Waals surface area contributed by atoms with E-state index in [0.717, 1.165) is 17.1 Å². The zero-order valence-corrected chi connectivity index (χ0v) is 10.5. The molecule has 0 aliphatic carbocycles. The van der Waals surface area contributed by atoms with Crippen LogP contribution in [0, 0.1) is 6.92 Å². The van der Waals surface area contributed by atoms with Gasteiger partial charge in [-0.25, -0.2) is 0 Å². The molecule has 1 heterocycles. The van der Waals surface area contributed by atoms with E-state index in [1.165, 1.54) is 5.56 Å². The number of nitrogens with two attached hydrogens (primary N) is 1. The van der Waals surface area contributed by atoms with Gasteiger partial charge in [0.25, 0.3) is 0 Å². The second-order valence-corrected chi connectivity index (χ2v) is 4.82. The van der Waals surface area contributed by atoms with E-state index in [9.17, 15) is 0 Å². The number of rotatable bonds is 5. The summed E-state index contributed by atoms with van der Waals surface area (Å²) in [6, 6.07) is 8.07. The van der Waals surface area contributed by atoms with Gasteiger partial charge in [-0.1, -0.05) is 35.0 Å². The van der Waals surface area contributed by atoms with Gasteiger partial charge in [0, 0.05) is 17.9 Å². The fraction of sp³-hybridized carbons (Fsp3) is 0.333. The fourth-order valence-corrected chi connectivity index (χ4v) is 1.98. The molecule has 0 radical (unpaired) electrons. The Kier molecular flexibility index (Phi) is 4.17. The monoisotopic (exact) mass is 249 g/mol. The van der Waals surface area contributed by atoms with Crippen molar-refractivity contribution in [1.82, 2.24) is 10.1 Å². The second kappa shape index (κ2) is 5.84. The molecule has 5 heteroatoms. The molecule has 1 aromatic heterocycles. The molecule has 0 saturated heterocycles. The zero-order chi connectivity index (χ0) is 12.1. The number of benzene rings is 1.